The van der Waals surface area contributed by atoms with Crippen LogP contribution in [-0.2, 0) is 20.7 Å². The first-order valence-corrected chi connectivity index (χ1v) is 12.3. The summed E-state index contributed by atoms with van der Waals surface area (Å²) in [5, 5.41) is 15.2. The minimum absolute atomic E-state index is 0.0823. The zero-order valence-electron chi connectivity index (χ0n) is 21.2. The molecule has 0 aromatic heterocycles. The maximum atomic E-state index is 12.7. The lowest BCUT2D eigenvalue weighted by molar-refractivity contribution is -0.541. The first-order chi connectivity index (χ1) is 16.0. The molecule has 1 aliphatic carbocycles. The Morgan fingerprint density at radius 2 is 1.85 bits per heavy atom. The number of unbranched alkanes of at least 4 members (excludes halogenated alkanes) is 2. The molecule has 1 aliphatic rings. The Balaban J connectivity index is 2.27. The Kier molecular flexibility index (Phi) is 9.89. The molecule has 0 heterocycles. The molecule has 0 bridgehead atoms. The second-order valence-corrected chi connectivity index (χ2v) is 10.5. The van der Waals surface area contributed by atoms with Gasteiger partial charge in [-0.25, -0.2) is 4.79 Å². The molecular weight excluding hydrogens is 436 g/mol. The third-order valence-corrected chi connectivity index (χ3v) is 6.54. The van der Waals surface area contributed by atoms with E-state index in [4.69, 9.17) is 9.47 Å². The fraction of sp³-hybridized carbons (Fsp3) is 0.692. The fourth-order valence-electron chi connectivity index (χ4n) is 4.88. The first-order valence-electron chi connectivity index (χ1n) is 12.3. The number of ether oxygens (including phenoxy) is 2. The molecule has 2 atom stereocenters. The number of esters is 1. The van der Waals surface area contributed by atoms with Crippen molar-refractivity contribution in [1.82, 2.24) is 5.32 Å². The van der Waals surface area contributed by atoms with E-state index < -0.39 is 35.2 Å². The average molecular weight is 477 g/mol. The third-order valence-electron chi connectivity index (χ3n) is 6.54. The molecule has 1 amide bonds. The summed E-state index contributed by atoms with van der Waals surface area (Å²) < 4.78 is 10.3. The molecule has 0 saturated heterocycles. The molecule has 0 radical (unpaired) electrons. The monoisotopic (exact) mass is 476 g/mol. The minimum atomic E-state index is -1.15. The van der Waals surface area contributed by atoms with Crippen molar-refractivity contribution in [1.29, 1.82) is 0 Å². The van der Waals surface area contributed by atoms with E-state index in [0.717, 1.165) is 37.7 Å². The van der Waals surface area contributed by atoms with Crippen LogP contribution in [0.1, 0.15) is 78.2 Å². The van der Waals surface area contributed by atoms with Crippen molar-refractivity contribution in [3.8, 4) is 0 Å². The molecule has 8 nitrogen and oxygen atoms in total. The van der Waals surface area contributed by atoms with Crippen molar-refractivity contribution in [3.05, 3.63) is 46.0 Å². The number of hydrogen-bond acceptors (Lipinski definition) is 6. The van der Waals surface area contributed by atoms with Crippen LogP contribution in [0.3, 0.4) is 0 Å². The van der Waals surface area contributed by atoms with Gasteiger partial charge in [-0.05, 0) is 57.9 Å². The second kappa shape index (κ2) is 12.2. The molecule has 8 heteroatoms. The van der Waals surface area contributed by atoms with Gasteiger partial charge in [0, 0.05) is 11.3 Å². The number of carbonyl (C=O) groups is 2. The van der Waals surface area contributed by atoms with Crippen molar-refractivity contribution in [2.24, 2.45) is 11.8 Å². The van der Waals surface area contributed by atoms with Crippen LogP contribution in [0.5, 0.6) is 0 Å². The Morgan fingerprint density at radius 3 is 2.38 bits per heavy atom. The predicted octanol–water partition coefficient (Wildman–Crippen LogP) is 5.31. The van der Waals surface area contributed by atoms with Crippen molar-refractivity contribution in [2.75, 3.05) is 7.11 Å². The largest absolute Gasteiger partial charge is 0.469 e. The van der Waals surface area contributed by atoms with Gasteiger partial charge in [-0.3, -0.25) is 14.9 Å². The molecule has 2 rings (SSSR count). The Bertz CT molecular complexity index is 814. The van der Waals surface area contributed by atoms with E-state index >= 15 is 0 Å². The quantitative estimate of drug-likeness (QED) is 0.190. The fourth-order valence-corrected chi connectivity index (χ4v) is 4.88. The standard InChI is InChI=1S/C26H40N2O6/c1-6-7-9-14-20(15-19-12-10-8-11-13-19)16-22(28(31)32)26(17-21(18-26)23(29)33-5)27-24(30)34-25(2,3)4/h8,10-13,20-22H,6-7,9,14-18H2,1-5H3,(H,27,30). The molecule has 190 valence electrons. The number of hydrogen-bond donors (Lipinski definition) is 1. The summed E-state index contributed by atoms with van der Waals surface area (Å²) in [7, 11) is 1.30. The first kappa shape index (κ1) is 27.6. The number of benzene rings is 1. The number of nitro groups is 1. The third kappa shape index (κ3) is 7.99. The molecule has 0 spiro atoms. The van der Waals surface area contributed by atoms with Crippen LogP contribution in [0, 0.1) is 22.0 Å². The maximum absolute atomic E-state index is 12.7. The topological polar surface area (TPSA) is 108 Å². The lowest BCUT2D eigenvalue weighted by atomic mass is 9.62. The normalized spacial score (nSPS) is 21.6. The van der Waals surface area contributed by atoms with Crippen molar-refractivity contribution >= 4 is 12.1 Å². The highest BCUT2D eigenvalue weighted by atomic mass is 16.6. The zero-order valence-corrected chi connectivity index (χ0v) is 21.2. The Hall–Kier alpha value is -2.64. The molecule has 2 unspecified atom stereocenters. The van der Waals surface area contributed by atoms with E-state index in [1.54, 1.807) is 20.8 Å². The zero-order chi connectivity index (χ0) is 25.4. The average Bonchev–Trinajstić information content (AvgIpc) is 2.73. The van der Waals surface area contributed by atoms with E-state index in [1.807, 2.05) is 30.3 Å². The molecule has 34 heavy (non-hydrogen) atoms. The smallest absolute Gasteiger partial charge is 0.408 e. The summed E-state index contributed by atoms with van der Waals surface area (Å²) in [6.07, 6.45) is 4.68. The molecule has 1 aromatic rings. The molecule has 1 saturated carbocycles. The maximum Gasteiger partial charge on any atom is 0.408 e. The lowest BCUT2D eigenvalue weighted by Crippen LogP contribution is -2.68. The van der Waals surface area contributed by atoms with Crippen LogP contribution in [0.4, 0.5) is 4.79 Å². The predicted molar refractivity (Wildman–Crippen MR) is 130 cm³/mol. The van der Waals surface area contributed by atoms with Gasteiger partial charge in [-0.1, -0.05) is 56.5 Å². The minimum Gasteiger partial charge on any atom is -0.469 e. The Labute approximate surface area is 202 Å². The van der Waals surface area contributed by atoms with Gasteiger partial charge in [0.15, 0.2) is 0 Å². The van der Waals surface area contributed by atoms with Crippen LogP contribution in [0.25, 0.3) is 0 Å². The Morgan fingerprint density at radius 1 is 1.21 bits per heavy atom. The van der Waals surface area contributed by atoms with E-state index in [9.17, 15) is 19.7 Å². The SMILES string of the molecule is CCCCCC(Cc1ccccc1)CC([N+](=O)[O-])C1(NC(=O)OC(C)(C)C)CC(C(=O)OC)C1. The molecule has 1 N–H and O–H groups in total. The number of rotatable bonds is 12. The summed E-state index contributed by atoms with van der Waals surface area (Å²) >= 11 is 0. The second-order valence-electron chi connectivity index (χ2n) is 10.5. The van der Waals surface area contributed by atoms with E-state index in [0.29, 0.717) is 6.42 Å². The van der Waals surface area contributed by atoms with Gasteiger partial charge in [0.25, 0.3) is 0 Å². The van der Waals surface area contributed by atoms with Gasteiger partial charge in [-0.15, -0.1) is 0 Å². The summed E-state index contributed by atoms with van der Waals surface area (Å²) in [4.78, 5) is 36.8. The van der Waals surface area contributed by atoms with Gasteiger partial charge in [0.2, 0.25) is 6.04 Å². The van der Waals surface area contributed by atoms with Crippen LogP contribution >= 0.6 is 0 Å². The number of amides is 1. The van der Waals surface area contributed by atoms with Crippen LogP contribution < -0.4 is 5.32 Å². The highest BCUT2D eigenvalue weighted by molar-refractivity contribution is 5.75. The number of nitrogens with one attached hydrogen (secondary N) is 1. The summed E-state index contributed by atoms with van der Waals surface area (Å²) in [5.41, 5.74) is -0.748. The lowest BCUT2D eigenvalue weighted by Gasteiger charge is -2.47. The van der Waals surface area contributed by atoms with Gasteiger partial charge in [0.1, 0.15) is 11.1 Å². The number of nitrogens with zero attached hydrogens (tertiary/aromatic N) is 1. The molecule has 1 aromatic carbocycles. The van der Waals surface area contributed by atoms with Gasteiger partial charge in [0.05, 0.1) is 13.0 Å². The number of methoxy groups -OCH3 is 1. The van der Waals surface area contributed by atoms with Gasteiger partial charge in [-0.2, -0.15) is 0 Å². The highest BCUT2D eigenvalue weighted by Gasteiger charge is 2.59. The summed E-state index contributed by atoms with van der Waals surface area (Å²) in [6, 6.07) is 8.95. The molecule has 0 aliphatic heterocycles. The van der Waals surface area contributed by atoms with Gasteiger partial charge >= 0.3 is 12.1 Å². The van der Waals surface area contributed by atoms with Gasteiger partial charge < -0.3 is 14.8 Å². The van der Waals surface area contributed by atoms with Crippen molar-refractivity contribution < 1.29 is 24.0 Å². The van der Waals surface area contributed by atoms with Crippen LogP contribution in [0.2, 0.25) is 0 Å². The number of carbonyl (C=O) groups excluding carboxylic acids is 2. The molecular formula is C26H40N2O6. The van der Waals surface area contributed by atoms with Crippen molar-refractivity contribution in [2.45, 2.75) is 96.2 Å². The highest BCUT2D eigenvalue weighted by Crippen LogP contribution is 2.44. The van der Waals surface area contributed by atoms with Crippen LogP contribution in [-0.4, -0.2) is 41.3 Å². The molecule has 1 fully saturated rings. The summed E-state index contributed by atoms with van der Waals surface area (Å²) in [5.74, 6) is -0.804. The van der Waals surface area contributed by atoms with E-state index in [-0.39, 0.29) is 23.7 Å². The van der Waals surface area contributed by atoms with E-state index in [1.165, 1.54) is 7.11 Å². The van der Waals surface area contributed by atoms with Crippen molar-refractivity contribution in [3.63, 3.8) is 0 Å². The van der Waals surface area contributed by atoms with Crippen LogP contribution in [0.15, 0.2) is 30.3 Å². The summed E-state index contributed by atoms with van der Waals surface area (Å²) in [6.45, 7) is 7.36. The van der Waals surface area contributed by atoms with E-state index in [2.05, 4.69) is 12.2 Å². The number of alkyl carbamates (subject to hydrolysis) is 1.